The summed E-state index contributed by atoms with van der Waals surface area (Å²) in [7, 11) is 0. The summed E-state index contributed by atoms with van der Waals surface area (Å²) >= 11 is 0. The van der Waals surface area contributed by atoms with Crippen molar-refractivity contribution in [1.29, 1.82) is 0 Å². The molecular formula is C23H31N5O. The van der Waals surface area contributed by atoms with E-state index in [1.165, 1.54) is 31.4 Å². The van der Waals surface area contributed by atoms with Crippen LogP contribution in [0.2, 0.25) is 0 Å². The fourth-order valence-electron chi connectivity index (χ4n) is 4.40. The van der Waals surface area contributed by atoms with Crippen LogP contribution < -0.4 is 10.2 Å². The molecule has 4 rings (SSSR count). The zero-order valence-electron chi connectivity index (χ0n) is 17.3. The summed E-state index contributed by atoms with van der Waals surface area (Å²) in [6.07, 6.45) is 11.5. The lowest BCUT2D eigenvalue weighted by Crippen LogP contribution is -2.43. The number of hydrogen-bond donors (Lipinski definition) is 1. The van der Waals surface area contributed by atoms with Crippen molar-refractivity contribution in [2.24, 2.45) is 0 Å². The Kier molecular flexibility index (Phi) is 6.27. The Hall–Kier alpha value is -2.63. The van der Waals surface area contributed by atoms with Crippen LogP contribution in [0.1, 0.15) is 62.4 Å². The van der Waals surface area contributed by atoms with Gasteiger partial charge in [-0.3, -0.25) is 4.79 Å². The number of piperidine rings is 2. The number of benzene rings is 1. The van der Waals surface area contributed by atoms with E-state index in [9.17, 15) is 4.79 Å². The molecule has 0 bridgehead atoms. The monoisotopic (exact) mass is 393 g/mol. The highest BCUT2D eigenvalue weighted by Gasteiger charge is 2.27. The molecule has 1 aromatic heterocycles. The lowest BCUT2D eigenvalue weighted by Gasteiger charge is -2.34. The first kappa shape index (κ1) is 19.7. The van der Waals surface area contributed by atoms with Crippen LogP contribution in [0, 0.1) is 0 Å². The predicted molar refractivity (Wildman–Crippen MR) is 117 cm³/mol. The number of anilines is 3. The van der Waals surface area contributed by atoms with Crippen molar-refractivity contribution in [3.8, 4) is 0 Å². The van der Waals surface area contributed by atoms with Crippen LogP contribution in [-0.4, -0.2) is 46.5 Å². The Labute approximate surface area is 173 Å². The summed E-state index contributed by atoms with van der Waals surface area (Å²) in [6, 6.07) is 8.78. The topological polar surface area (TPSA) is 61.4 Å². The molecule has 1 aromatic carbocycles. The van der Waals surface area contributed by atoms with Crippen molar-refractivity contribution >= 4 is 23.1 Å². The van der Waals surface area contributed by atoms with E-state index >= 15 is 0 Å². The number of carbonyl (C=O) groups excluding carboxylic acids is 1. The van der Waals surface area contributed by atoms with E-state index in [-0.39, 0.29) is 5.91 Å². The van der Waals surface area contributed by atoms with Crippen LogP contribution in [0.3, 0.4) is 0 Å². The van der Waals surface area contributed by atoms with Gasteiger partial charge in [-0.05, 0) is 69.2 Å². The summed E-state index contributed by atoms with van der Waals surface area (Å²) in [5.74, 6) is 0.652. The maximum absolute atomic E-state index is 12.8. The molecule has 1 N–H and O–H groups in total. The molecule has 1 amide bonds. The second-order valence-electron chi connectivity index (χ2n) is 8.06. The van der Waals surface area contributed by atoms with Gasteiger partial charge in [-0.2, -0.15) is 0 Å². The van der Waals surface area contributed by atoms with Crippen molar-refractivity contribution < 1.29 is 4.79 Å². The Morgan fingerprint density at radius 2 is 1.76 bits per heavy atom. The highest BCUT2D eigenvalue weighted by atomic mass is 16.2. The van der Waals surface area contributed by atoms with E-state index < -0.39 is 0 Å². The predicted octanol–water partition coefficient (Wildman–Crippen LogP) is 4.62. The van der Waals surface area contributed by atoms with Crippen LogP contribution in [0.15, 0.2) is 36.7 Å². The average molecular weight is 394 g/mol. The molecule has 1 atom stereocenters. The van der Waals surface area contributed by atoms with Crippen molar-refractivity contribution in [3.05, 3.63) is 42.4 Å². The fraction of sp³-hybridized carbons (Fsp3) is 0.522. The third kappa shape index (κ3) is 4.69. The van der Waals surface area contributed by atoms with E-state index in [1.54, 1.807) is 12.4 Å². The number of rotatable bonds is 5. The molecule has 0 aliphatic carbocycles. The van der Waals surface area contributed by atoms with Crippen molar-refractivity contribution in [1.82, 2.24) is 14.9 Å². The Bertz CT molecular complexity index is 799. The number of carbonyl (C=O) groups is 1. The largest absolute Gasteiger partial charge is 0.372 e. The Balaban J connectivity index is 1.38. The van der Waals surface area contributed by atoms with Crippen molar-refractivity contribution in [3.63, 3.8) is 0 Å². The quantitative estimate of drug-likeness (QED) is 0.803. The molecule has 0 spiro atoms. The van der Waals surface area contributed by atoms with Gasteiger partial charge in [0.2, 0.25) is 0 Å². The number of amides is 1. The van der Waals surface area contributed by atoms with E-state index in [0.717, 1.165) is 44.6 Å². The molecule has 0 saturated carbocycles. The molecule has 0 radical (unpaired) electrons. The average Bonchev–Trinajstić information content (AvgIpc) is 2.80. The van der Waals surface area contributed by atoms with Gasteiger partial charge >= 0.3 is 0 Å². The van der Waals surface area contributed by atoms with Gasteiger partial charge in [0.15, 0.2) is 0 Å². The van der Waals surface area contributed by atoms with Gasteiger partial charge < -0.3 is 15.1 Å². The number of hydrogen-bond acceptors (Lipinski definition) is 5. The number of nitrogens with zero attached hydrogens (tertiary/aromatic N) is 4. The van der Waals surface area contributed by atoms with E-state index in [2.05, 4.69) is 51.4 Å². The van der Waals surface area contributed by atoms with Crippen molar-refractivity contribution in [2.45, 2.75) is 57.9 Å². The highest BCUT2D eigenvalue weighted by molar-refractivity contribution is 5.92. The van der Waals surface area contributed by atoms with Crippen LogP contribution in [0.4, 0.5) is 17.2 Å². The minimum Gasteiger partial charge on any atom is -0.372 e. The minimum absolute atomic E-state index is 0.00137. The second kappa shape index (κ2) is 9.25. The van der Waals surface area contributed by atoms with Crippen LogP contribution in [0.25, 0.3) is 0 Å². The van der Waals surface area contributed by atoms with Gasteiger partial charge in [0.25, 0.3) is 5.91 Å². The maximum atomic E-state index is 12.8. The summed E-state index contributed by atoms with van der Waals surface area (Å²) in [5, 5.41) is 3.28. The first-order valence-electron chi connectivity index (χ1n) is 11.0. The second-order valence-corrected chi connectivity index (χ2v) is 8.06. The standard InChI is InChI=1S/C23H31N5O/c1-2-19-8-4-7-15-28(19)23(29)21-16-25-22(17-24-21)26-18-9-11-20(12-10-18)27-13-5-3-6-14-27/h9-12,16-17,19H,2-8,13-15H2,1H3,(H,25,26). The maximum Gasteiger partial charge on any atom is 0.274 e. The van der Waals surface area contributed by atoms with Gasteiger partial charge in [0.05, 0.1) is 12.4 Å². The summed E-state index contributed by atoms with van der Waals surface area (Å²) in [6.45, 7) is 5.25. The SMILES string of the molecule is CCC1CCCCN1C(=O)c1cnc(Nc2ccc(N3CCCCC3)cc2)cn1. The van der Waals surface area contributed by atoms with Gasteiger partial charge in [0.1, 0.15) is 11.5 Å². The minimum atomic E-state index is 0.00137. The number of nitrogens with one attached hydrogen (secondary N) is 1. The highest BCUT2D eigenvalue weighted by Crippen LogP contribution is 2.24. The molecule has 6 heteroatoms. The molecule has 2 aliphatic rings. The zero-order valence-corrected chi connectivity index (χ0v) is 17.3. The van der Waals surface area contributed by atoms with Crippen LogP contribution in [-0.2, 0) is 0 Å². The molecule has 2 aromatic rings. The Morgan fingerprint density at radius 1 is 1.00 bits per heavy atom. The lowest BCUT2D eigenvalue weighted by atomic mass is 10.00. The first-order chi connectivity index (χ1) is 14.2. The molecule has 6 nitrogen and oxygen atoms in total. The smallest absolute Gasteiger partial charge is 0.274 e. The molecule has 2 saturated heterocycles. The number of aromatic nitrogens is 2. The van der Waals surface area contributed by atoms with Crippen LogP contribution in [0.5, 0.6) is 0 Å². The molecule has 1 unspecified atom stereocenters. The van der Waals surface area contributed by atoms with Crippen LogP contribution >= 0.6 is 0 Å². The fourth-order valence-corrected chi connectivity index (χ4v) is 4.40. The first-order valence-corrected chi connectivity index (χ1v) is 11.0. The summed E-state index contributed by atoms with van der Waals surface area (Å²) in [5.41, 5.74) is 2.67. The normalized spacial score (nSPS) is 19.8. The molecule has 2 fully saturated rings. The van der Waals surface area contributed by atoms with Gasteiger partial charge in [-0.1, -0.05) is 6.92 Å². The zero-order chi connectivity index (χ0) is 20.1. The summed E-state index contributed by atoms with van der Waals surface area (Å²) < 4.78 is 0. The van der Waals surface area contributed by atoms with E-state index in [1.807, 2.05) is 4.90 Å². The third-order valence-electron chi connectivity index (χ3n) is 6.09. The molecule has 29 heavy (non-hydrogen) atoms. The lowest BCUT2D eigenvalue weighted by molar-refractivity contribution is 0.0601. The van der Waals surface area contributed by atoms with Gasteiger partial charge in [-0.25, -0.2) is 9.97 Å². The number of likely N-dealkylation sites (tertiary alicyclic amines) is 1. The van der Waals surface area contributed by atoms with Gasteiger partial charge in [-0.15, -0.1) is 0 Å². The third-order valence-corrected chi connectivity index (χ3v) is 6.09. The molecule has 3 heterocycles. The van der Waals surface area contributed by atoms with E-state index in [0.29, 0.717) is 17.6 Å². The molecule has 2 aliphatic heterocycles. The van der Waals surface area contributed by atoms with Crippen molar-refractivity contribution in [2.75, 3.05) is 29.9 Å². The molecule has 154 valence electrons. The van der Waals surface area contributed by atoms with E-state index in [4.69, 9.17) is 0 Å². The van der Waals surface area contributed by atoms with Gasteiger partial charge in [0, 0.05) is 37.1 Å². The Morgan fingerprint density at radius 3 is 2.45 bits per heavy atom. The molecular weight excluding hydrogens is 362 g/mol. The summed E-state index contributed by atoms with van der Waals surface area (Å²) in [4.78, 5) is 26.0.